The number of H-pyrrole nitrogens is 1. The number of rotatable bonds is 4. The molecule has 2 aromatic heterocycles. The smallest absolute Gasteiger partial charge is 0.131 e. The molecule has 0 unspecified atom stereocenters. The van der Waals surface area contributed by atoms with Gasteiger partial charge in [-0.1, -0.05) is 41.9 Å². The number of aromatic amines is 1. The Bertz CT molecular complexity index is 694. The molecule has 0 amide bonds. The maximum atomic E-state index is 5.86. The van der Waals surface area contributed by atoms with E-state index in [1.165, 1.54) is 0 Å². The van der Waals surface area contributed by atoms with Crippen molar-refractivity contribution in [3.63, 3.8) is 0 Å². The summed E-state index contributed by atoms with van der Waals surface area (Å²) < 4.78 is 0. The number of nitrogens with zero attached hydrogens (tertiary/aromatic N) is 2. The molecule has 100 valence electrons. The normalized spacial score (nSPS) is 10.4. The van der Waals surface area contributed by atoms with Gasteiger partial charge in [-0.05, 0) is 17.7 Å². The maximum absolute atomic E-state index is 5.86. The van der Waals surface area contributed by atoms with Crippen LogP contribution in [0.5, 0.6) is 0 Å². The average Bonchev–Trinajstić information content (AvgIpc) is 2.95. The number of benzene rings is 1. The Morgan fingerprint density at radius 2 is 2.00 bits per heavy atom. The third-order valence-electron chi connectivity index (χ3n) is 2.99. The zero-order valence-corrected chi connectivity index (χ0v) is 11.4. The quantitative estimate of drug-likeness (QED) is 0.718. The highest BCUT2D eigenvalue weighted by Gasteiger charge is 2.07. The largest absolute Gasteiger partial charge is 0.381 e. The first kappa shape index (κ1) is 12.7. The highest BCUT2D eigenvalue weighted by Crippen LogP contribution is 2.21. The molecule has 0 fully saturated rings. The minimum atomic E-state index is 0.477. The molecular formula is C15H13ClN4. The van der Waals surface area contributed by atoms with Crippen LogP contribution in [0.25, 0.3) is 11.3 Å². The molecule has 4 nitrogen and oxygen atoms in total. The molecule has 0 aliphatic carbocycles. The summed E-state index contributed by atoms with van der Waals surface area (Å²) in [5, 5.41) is 11.0. The number of aromatic nitrogens is 3. The van der Waals surface area contributed by atoms with Gasteiger partial charge in [-0.2, -0.15) is 5.10 Å². The molecule has 0 atom stereocenters. The molecule has 0 aliphatic rings. The highest BCUT2D eigenvalue weighted by atomic mass is 35.5. The summed E-state index contributed by atoms with van der Waals surface area (Å²) in [6, 6.07) is 13.8. The lowest BCUT2D eigenvalue weighted by Crippen LogP contribution is -2.00. The van der Waals surface area contributed by atoms with Crippen molar-refractivity contribution < 1.29 is 0 Å². The summed E-state index contributed by atoms with van der Waals surface area (Å²) >= 11 is 5.86. The predicted octanol–water partition coefficient (Wildman–Crippen LogP) is 3.74. The van der Waals surface area contributed by atoms with E-state index in [0.29, 0.717) is 11.7 Å². The second kappa shape index (κ2) is 5.75. The van der Waals surface area contributed by atoms with E-state index < -0.39 is 0 Å². The summed E-state index contributed by atoms with van der Waals surface area (Å²) in [5.41, 5.74) is 4.18. The fourth-order valence-electron chi connectivity index (χ4n) is 2.01. The number of pyridine rings is 1. The molecule has 0 saturated carbocycles. The van der Waals surface area contributed by atoms with Gasteiger partial charge in [-0.3, -0.25) is 5.10 Å². The van der Waals surface area contributed by atoms with Gasteiger partial charge in [0.25, 0.3) is 0 Å². The lowest BCUT2D eigenvalue weighted by Gasteiger charge is -2.07. The summed E-state index contributed by atoms with van der Waals surface area (Å²) in [5.74, 6) is 0. The van der Waals surface area contributed by atoms with Crippen LogP contribution < -0.4 is 5.32 Å². The van der Waals surface area contributed by atoms with E-state index in [0.717, 1.165) is 22.5 Å². The van der Waals surface area contributed by atoms with E-state index >= 15 is 0 Å². The lowest BCUT2D eigenvalue weighted by atomic mass is 10.1. The Labute approximate surface area is 121 Å². The van der Waals surface area contributed by atoms with Crippen LogP contribution in [0.3, 0.4) is 0 Å². The minimum Gasteiger partial charge on any atom is -0.381 e. The topological polar surface area (TPSA) is 53.6 Å². The molecule has 0 bridgehead atoms. The predicted molar refractivity (Wildman–Crippen MR) is 80.6 cm³/mol. The zero-order valence-electron chi connectivity index (χ0n) is 10.7. The summed E-state index contributed by atoms with van der Waals surface area (Å²) in [6.45, 7) is 0.668. The van der Waals surface area contributed by atoms with E-state index in [9.17, 15) is 0 Å². The van der Waals surface area contributed by atoms with Gasteiger partial charge < -0.3 is 5.32 Å². The Balaban J connectivity index is 1.78. The van der Waals surface area contributed by atoms with Gasteiger partial charge in [0.15, 0.2) is 0 Å². The van der Waals surface area contributed by atoms with E-state index in [2.05, 4.69) is 32.6 Å². The van der Waals surface area contributed by atoms with Gasteiger partial charge in [0, 0.05) is 24.0 Å². The van der Waals surface area contributed by atoms with Gasteiger partial charge in [0.2, 0.25) is 0 Å². The van der Waals surface area contributed by atoms with Crippen molar-refractivity contribution in [2.24, 2.45) is 0 Å². The molecule has 0 radical (unpaired) electrons. The fraction of sp³-hybridized carbons (Fsp3) is 0.0667. The first-order chi connectivity index (χ1) is 9.83. The molecule has 0 aliphatic heterocycles. The van der Waals surface area contributed by atoms with Crippen molar-refractivity contribution in [3.8, 4) is 11.3 Å². The number of nitrogens with one attached hydrogen (secondary N) is 2. The third-order valence-corrected chi connectivity index (χ3v) is 3.20. The summed E-state index contributed by atoms with van der Waals surface area (Å²) in [6.07, 6.45) is 3.51. The number of halogens is 1. The third kappa shape index (κ3) is 2.81. The molecule has 5 heteroatoms. The monoisotopic (exact) mass is 284 g/mol. The van der Waals surface area contributed by atoms with Crippen LogP contribution in [0.2, 0.25) is 5.15 Å². The lowest BCUT2D eigenvalue weighted by molar-refractivity contribution is 1.10. The molecule has 0 spiro atoms. The highest BCUT2D eigenvalue weighted by molar-refractivity contribution is 6.29. The molecule has 1 aromatic carbocycles. The fourth-order valence-corrected chi connectivity index (χ4v) is 2.18. The summed E-state index contributed by atoms with van der Waals surface area (Å²) in [4.78, 5) is 3.96. The maximum Gasteiger partial charge on any atom is 0.131 e. The van der Waals surface area contributed by atoms with Crippen LogP contribution in [0, 0.1) is 0 Å². The van der Waals surface area contributed by atoms with Crippen LogP contribution in [-0.4, -0.2) is 15.2 Å². The van der Waals surface area contributed by atoms with Crippen molar-refractivity contribution in [3.05, 3.63) is 65.6 Å². The van der Waals surface area contributed by atoms with Crippen LogP contribution in [0.15, 0.2) is 54.9 Å². The number of hydrogen-bond acceptors (Lipinski definition) is 3. The average molecular weight is 285 g/mol. The van der Waals surface area contributed by atoms with E-state index in [1.807, 2.05) is 30.5 Å². The molecule has 0 saturated heterocycles. The zero-order chi connectivity index (χ0) is 13.8. The second-order valence-electron chi connectivity index (χ2n) is 4.36. The first-order valence-corrected chi connectivity index (χ1v) is 6.64. The van der Waals surface area contributed by atoms with Crippen molar-refractivity contribution in [1.82, 2.24) is 15.2 Å². The van der Waals surface area contributed by atoms with Gasteiger partial charge in [0.05, 0.1) is 11.9 Å². The summed E-state index contributed by atoms with van der Waals surface area (Å²) in [7, 11) is 0. The van der Waals surface area contributed by atoms with E-state index in [4.69, 9.17) is 11.6 Å². The Morgan fingerprint density at radius 1 is 1.15 bits per heavy atom. The van der Waals surface area contributed by atoms with Gasteiger partial charge >= 0.3 is 0 Å². The van der Waals surface area contributed by atoms with Crippen molar-refractivity contribution in [1.29, 1.82) is 0 Å². The van der Waals surface area contributed by atoms with E-state index in [-0.39, 0.29) is 0 Å². The Kier molecular flexibility index (Phi) is 3.65. The molecule has 2 heterocycles. The van der Waals surface area contributed by atoms with Crippen LogP contribution in [0.4, 0.5) is 5.69 Å². The van der Waals surface area contributed by atoms with Crippen LogP contribution >= 0.6 is 11.6 Å². The molecule has 3 aromatic rings. The minimum absolute atomic E-state index is 0.477. The number of hydrogen-bond donors (Lipinski definition) is 2. The molecule has 20 heavy (non-hydrogen) atoms. The van der Waals surface area contributed by atoms with Crippen LogP contribution in [-0.2, 0) is 6.54 Å². The van der Waals surface area contributed by atoms with Gasteiger partial charge in [0.1, 0.15) is 5.15 Å². The standard InChI is InChI=1S/C15H13ClN4/c16-14-8-13(6-7-17-14)18-9-12-10-19-20-15(12)11-4-2-1-3-5-11/h1-8,10H,9H2,(H,17,18)(H,19,20). The molecule has 2 N–H and O–H groups in total. The Morgan fingerprint density at radius 3 is 2.80 bits per heavy atom. The molecule has 3 rings (SSSR count). The van der Waals surface area contributed by atoms with E-state index in [1.54, 1.807) is 12.3 Å². The Hall–Kier alpha value is -2.33. The van der Waals surface area contributed by atoms with Gasteiger partial charge in [-0.25, -0.2) is 4.98 Å². The second-order valence-corrected chi connectivity index (χ2v) is 4.74. The van der Waals surface area contributed by atoms with Crippen molar-refractivity contribution >= 4 is 17.3 Å². The van der Waals surface area contributed by atoms with Gasteiger partial charge in [-0.15, -0.1) is 0 Å². The molecular weight excluding hydrogens is 272 g/mol. The van der Waals surface area contributed by atoms with Crippen molar-refractivity contribution in [2.75, 3.05) is 5.32 Å². The number of anilines is 1. The van der Waals surface area contributed by atoms with Crippen molar-refractivity contribution in [2.45, 2.75) is 6.54 Å². The SMILES string of the molecule is Clc1cc(NCc2cn[nH]c2-c2ccccc2)ccn1. The first-order valence-electron chi connectivity index (χ1n) is 6.26. The van der Waals surface area contributed by atoms with Crippen LogP contribution in [0.1, 0.15) is 5.56 Å².